The van der Waals surface area contributed by atoms with E-state index in [-0.39, 0.29) is 18.2 Å². The fraction of sp³-hybridized carbons (Fsp3) is 0.591. The van der Waals surface area contributed by atoms with Gasteiger partial charge in [0, 0.05) is 24.4 Å². The number of rotatable bonds is 1. The third-order valence-corrected chi connectivity index (χ3v) is 6.98. The molecule has 3 aliphatic rings. The molecule has 5 nitrogen and oxygen atoms in total. The fourth-order valence-electron chi connectivity index (χ4n) is 5.52. The van der Waals surface area contributed by atoms with Gasteiger partial charge in [0.25, 0.3) is 0 Å². The summed E-state index contributed by atoms with van der Waals surface area (Å²) in [7, 11) is 0. The Morgan fingerprint density at radius 1 is 1.22 bits per heavy atom. The summed E-state index contributed by atoms with van der Waals surface area (Å²) in [5.74, 6) is 0.127. The summed E-state index contributed by atoms with van der Waals surface area (Å²) < 4.78 is 1.81. The Morgan fingerprint density at radius 2 is 2.07 bits per heavy atom. The number of piperidine rings is 1. The Balaban J connectivity index is 1.60. The van der Waals surface area contributed by atoms with Crippen molar-refractivity contribution in [1.82, 2.24) is 14.7 Å². The van der Waals surface area contributed by atoms with Crippen LogP contribution in [-0.4, -0.2) is 38.5 Å². The van der Waals surface area contributed by atoms with E-state index in [1.807, 2.05) is 12.1 Å². The van der Waals surface area contributed by atoms with Crippen molar-refractivity contribution in [2.75, 3.05) is 0 Å². The number of para-hydroxylation sites is 1. The van der Waals surface area contributed by atoms with Gasteiger partial charge in [0.15, 0.2) is 5.78 Å². The zero-order valence-electron chi connectivity index (χ0n) is 16.2. The molecule has 0 bridgehead atoms. The molecule has 27 heavy (non-hydrogen) atoms. The molecule has 2 aliphatic heterocycles. The maximum atomic E-state index is 13.3. The lowest BCUT2D eigenvalue weighted by atomic mass is 9.96. The molecular formula is C22H27N3O2. The molecule has 0 N–H and O–H groups in total. The van der Waals surface area contributed by atoms with Gasteiger partial charge >= 0.3 is 0 Å². The maximum Gasteiger partial charge on any atom is 0.244 e. The molecule has 3 atom stereocenters. The first-order chi connectivity index (χ1) is 13.0. The highest BCUT2D eigenvalue weighted by atomic mass is 16.2. The highest BCUT2D eigenvalue weighted by Gasteiger charge is 2.62. The van der Waals surface area contributed by atoms with Crippen molar-refractivity contribution >= 4 is 22.6 Å². The lowest BCUT2D eigenvalue weighted by molar-refractivity contribution is -0.134. The maximum absolute atomic E-state index is 13.3. The Bertz CT molecular complexity index is 946. The lowest BCUT2D eigenvalue weighted by Crippen LogP contribution is -2.40. The Morgan fingerprint density at radius 3 is 2.89 bits per heavy atom. The number of aryl methyl sites for hydroxylation is 1. The SMILES string of the molecule is CC(=O)c1nn2c3c(cccc13)CCCCC[C@H]1CC3(C)C[C@@H]3N1C(=O)C2. The summed E-state index contributed by atoms with van der Waals surface area (Å²) in [4.78, 5) is 27.6. The van der Waals surface area contributed by atoms with Gasteiger partial charge in [0.1, 0.15) is 12.2 Å². The molecule has 1 aromatic carbocycles. The summed E-state index contributed by atoms with van der Waals surface area (Å²) in [5.41, 5.74) is 3.01. The summed E-state index contributed by atoms with van der Waals surface area (Å²) in [6.45, 7) is 4.12. The minimum Gasteiger partial charge on any atom is -0.335 e. The monoisotopic (exact) mass is 365 g/mol. The molecular weight excluding hydrogens is 338 g/mol. The van der Waals surface area contributed by atoms with Crippen LogP contribution in [0.15, 0.2) is 18.2 Å². The summed E-state index contributed by atoms with van der Waals surface area (Å²) in [6, 6.07) is 6.89. The van der Waals surface area contributed by atoms with Crippen molar-refractivity contribution in [3.05, 3.63) is 29.5 Å². The van der Waals surface area contributed by atoms with Crippen molar-refractivity contribution in [2.24, 2.45) is 5.41 Å². The van der Waals surface area contributed by atoms with Gasteiger partial charge < -0.3 is 4.90 Å². The minimum atomic E-state index is -0.0403. The van der Waals surface area contributed by atoms with Crippen LogP contribution in [0.2, 0.25) is 0 Å². The zero-order chi connectivity index (χ0) is 18.8. The number of fused-ring (bicyclic) bond motifs is 3. The first-order valence-corrected chi connectivity index (χ1v) is 10.3. The van der Waals surface area contributed by atoms with Gasteiger partial charge in [-0.25, -0.2) is 0 Å². The van der Waals surface area contributed by atoms with Gasteiger partial charge in [-0.15, -0.1) is 0 Å². The second kappa shape index (κ2) is 5.91. The normalized spacial score (nSPS) is 30.4. The molecule has 0 spiro atoms. The number of carbonyl (C=O) groups excluding carboxylic acids is 2. The molecule has 1 saturated carbocycles. The van der Waals surface area contributed by atoms with Crippen molar-refractivity contribution in [1.29, 1.82) is 0 Å². The van der Waals surface area contributed by atoms with E-state index in [0.717, 1.165) is 43.0 Å². The largest absolute Gasteiger partial charge is 0.335 e. The second-order valence-electron chi connectivity index (χ2n) is 9.01. The smallest absolute Gasteiger partial charge is 0.244 e. The second-order valence-corrected chi connectivity index (χ2v) is 9.01. The van der Waals surface area contributed by atoms with Crippen LogP contribution >= 0.6 is 0 Å². The van der Waals surface area contributed by atoms with Gasteiger partial charge in [0.05, 0.1) is 5.52 Å². The molecule has 1 amide bonds. The van der Waals surface area contributed by atoms with Crippen LogP contribution in [0.1, 0.15) is 68.4 Å². The van der Waals surface area contributed by atoms with Crippen molar-refractivity contribution in [3.63, 3.8) is 0 Å². The van der Waals surface area contributed by atoms with Crippen LogP contribution in [0, 0.1) is 5.41 Å². The van der Waals surface area contributed by atoms with Crippen LogP contribution in [0.3, 0.4) is 0 Å². The van der Waals surface area contributed by atoms with Crippen LogP contribution in [0.5, 0.6) is 0 Å². The van der Waals surface area contributed by atoms with Crippen LogP contribution in [-0.2, 0) is 17.8 Å². The van der Waals surface area contributed by atoms with Crippen LogP contribution < -0.4 is 0 Å². The zero-order valence-corrected chi connectivity index (χ0v) is 16.2. The summed E-state index contributed by atoms with van der Waals surface area (Å²) in [5, 5.41) is 5.48. The number of carbonyl (C=O) groups is 2. The molecule has 0 radical (unpaired) electrons. The average Bonchev–Trinajstić information content (AvgIpc) is 2.99. The number of hydrogen-bond donors (Lipinski definition) is 0. The third kappa shape index (κ3) is 2.62. The summed E-state index contributed by atoms with van der Waals surface area (Å²) in [6.07, 6.45) is 7.89. The van der Waals surface area contributed by atoms with E-state index >= 15 is 0 Å². The Labute approximate surface area is 159 Å². The molecule has 2 fully saturated rings. The van der Waals surface area contributed by atoms with E-state index in [9.17, 15) is 9.59 Å². The van der Waals surface area contributed by atoms with E-state index in [4.69, 9.17) is 0 Å². The topological polar surface area (TPSA) is 55.2 Å². The average molecular weight is 365 g/mol. The molecule has 3 heterocycles. The van der Waals surface area contributed by atoms with Crippen molar-refractivity contribution in [3.8, 4) is 0 Å². The van der Waals surface area contributed by atoms with E-state index in [1.165, 1.54) is 18.4 Å². The molecule has 142 valence electrons. The molecule has 5 rings (SSSR count). The molecule has 1 unspecified atom stereocenters. The minimum absolute atomic E-state index is 0.0403. The number of benzene rings is 1. The van der Waals surface area contributed by atoms with Crippen molar-refractivity contribution in [2.45, 2.75) is 77.4 Å². The Kier molecular flexibility index (Phi) is 3.72. The highest BCUT2D eigenvalue weighted by molar-refractivity contribution is 6.05. The molecule has 1 aromatic heterocycles. The number of amides is 1. The van der Waals surface area contributed by atoms with Gasteiger partial charge in [-0.1, -0.05) is 38.0 Å². The van der Waals surface area contributed by atoms with E-state index in [2.05, 4.69) is 23.0 Å². The van der Waals surface area contributed by atoms with E-state index < -0.39 is 0 Å². The molecule has 1 aliphatic carbocycles. The number of nitrogens with zero attached hydrogens (tertiary/aromatic N) is 3. The highest BCUT2D eigenvalue weighted by Crippen LogP contribution is 2.59. The quantitative estimate of drug-likeness (QED) is 0.724. The fourth-order valence-corrected chi connectivity index (χ4v) is 5.52. The first kappa shape index (κ1) is 17.0. The molecule has 2 aromatic rings. The van der Waals surface area contributed by atoms with Gasteiger partial charge in [-0.3, -0.25) is 14.3 Å². The Hall–Kier alpha value is -2.17. The predicted molar refractivity (Wildman–Crippen MR) is 104 cm³/mol. The molecule has 5 heteroatoms. The van der Waals surface area contributed by atoms with Crippen molar-refractivity contribution < 1.29 is 9.59 Å². The first-order valence-electron chi connectivity index (χ1n) is 10.3. The predicted octanol–water partition coefficient (Wildman–Crippen LogP) is 3.73. The van der Waals surface area contributed by atoms with Crippen LogP contribution in [0.25, 0.3) is 10.9 Å². The lowest BCUT2D eigenvalue weighted by Gasteiger charge is -2.28. The molecule has 1 saturated heterocycles. The summed E-state index contributed by atoms with van der Waals surface area (Å²) >= 11 is 0. The van der Waals surface area contributed by atoms with Gasteiger partial charge in [0.2, 0.25) is 5.91 Å². The number of Topliss-reactive ketones (excluding diaryl/α,β-unsaturated/α-hetero) is 1. The van der Waals surface area contributed by atoms with Gasteiger partial charge in [-0.05, 0) is 43.1 Å². The number of hydrogen-bond acceptors (Lipinski definition) is 3. The number of aromatic nitrogens is 2. The van der Waals surface area contributed by atoms with Gasteiger partial charge in [-0.2, -0.15) is 5.10 Å². The van der Waals surface area contributed by atoms with E-state index in [1.54, 1.807) is 11.6 Å². The van der Waals surface area contributed by atoms with Crippen LogP contribution in [0.4, 0.5) is 0 Å². The number of ketones is 1. The standard InChI is InChI=1S/C22H27N3O2/c1-14(26)20-17-10-6-8-15-7-4-3-5-9-16-11-22(2)12-18(22)25(16)19(27)13-24(23-20)21(15)17/h6,8,10,16,18H,3-5,7,9,11-13H2,1-2H3/t16-,18-,22?/m0/s1. The third-order valence-electron chi connectivity index (χ3n) is 6.98. The van der Waals surface area contributed by atoms with E-state index in [0.29, 0.717) is 23.2 Å².